The molecule has 0 bridgehead atoms. The number of hydrogen-bond donors (Lipinski definition) is 1. The maximum Gasteiger partial charge on any atom is 0.248 e. The highest BCUT2D eigenvalue weighted by Crippen LogP contribution is 2.16. The van der Waals surface area contributed by atoms with Crippen LogP contribution in [0.15, 0.2) is 47.6 Å². The van der Waals surface area contributed by atoms with E-state index in [1.165, 1.54) is 33.8 Å². The Morgan fingerprint density at radius 3 is 2.50 bits per heavy atom. The molecule has 0 fully saturated rings. The Morgan fingerprint density at radius 2 is 2.00 bits per heavy atom. The van der Waals surface area contributed by atoms with Crippen molar-refractivity contribution < 1.29 is 13.2 Å². The molecule has 0 saturated heterocycles. The molecule has 7 nitrogen and oxygen atoms in total. The lowest BCUT2D eigenvalue weighted by Crippen LogP contribution is -2.30. The monoisotopic (exact) mass is 294 g/mol. The lowest BCUT2D eigenvalue weighted by atomic mass is 10.3. The molecule has 0 saturated carbocycles. The first-order chi connectivity index (χ1) is 9.38. The number of amides is 1. The van der Waals surface area contributed by atoms with E-state index in [0.29, 0.717) is 5.69 Å². The van der Waals surface area contributed by atoms with Gasteiger partial charge in [0.15, 0.2) is 0 Å². The van der Waals surface area contributed by atoms with Crippen molar-refractivity contribution in [3.8, 4) is 0 Å². The summed E-state index contributed by atoms with van der Waals surface area (Å²) in [5.74, 6) is -0.169. The minimum Gasteiger partial charge on any atom is -0.314 e. The first-order valence-electron chi connectivity index (χ1n) is 5.75. The van der Waals surface area contributed by atoms with E-state index >= 15 is 0 Å². The standard InChI is InChI=1S/C12H14N4O3S/c1-15(12(17)9-16-8-2-7-14-16)10-3-5-11(6-4-10)20(13,18)19/h2-8H,9H2,1H3,(H2,13,18,19). The fraction of sp³-hybridized carbons (Fsp3) is 0.167. The molecule has 8 heteroatoms. The van der Waals surface area contributed by atoms with Crippen LogP contribution in [0.1, 0.15) is 0 Å². The third-order valence-electron chi connectivity index (χ3n) is 2.78. The van der Waals surface area contributed by atoms with E-state index in [9.17, 15) is 13.2 Å². The Hall–Kier alpha value is -2.19. The fourth-order valence-electron chi connectivity index (χ4n) is 1.64. The van der Waals surface area contributed by atoms with Gasteiger partial charge in [0, 0.05) is 25.1 Å². The maximum atomic E-state index is 12.0. The number of primary sulfonamides is 1. The summed E-state index contributed by atoms with van der Waals surface area (Å²) in [6.07, 6.45) is 3.28. The van der Waals surface area contributed by atoms with Gasteiger partial charge in [-0.25, -0.2) is 13.6 Å². The molecule has 1 amide bonds. The van der Waals surface area contributed by atoms with Gasteiger partial charge < -0.3 is 4.90 Å². The first-order valence-corrected chi connectivity index (χ1v) is 7.29. The molecule has 2 aromatic rings. The molecule has 2 N–H and O–H groups in total. The molecular formula is C12H14N4O3S. The van der Waals surface area contributed by atoms with Crippen LogP contribution in [-0.4, -0.2) is 31.2 Å². The van der Waals surface area contributed by atoms with Crippen molar-refractivity contribution in [2.24, 2.45) is 5.14 Å². The van der Waals surface area contributed by atoms with Crippen molar-refractivity contribution in [2.45, 2.75) is 11.4 Å². The summed E-state index contributed by atoms with van der Waals surface area (Å²) in [7, 11) is -2.12. The van der Waals surface area contributed by atoms with Gasteiger partial charge in [-0.1, -0.05) is 0 Å². The summed E-state index contributed by atoms with van der Waals surface area (Å²) in [6.45, 7) is 0.112. The number of nitrogens with two attached hydrogens (primary N) is 1. The third-order valence-corrected chi connectivity index (χ3v) is 3.71. The van der Waals surface area contributed by atoms with Crippen LogP contribution in [0, 0.1) is 0 Å². The zero-order valence-corrected chi connectivity index (χ0v) is 11.6. The van der Waals surface area contributed by atoms with Gasteiger partial charge in [-0.3, -0.25) is 9.48 Å². The van der Waals surface area contributed by atoms with E-state index < -0.39 is 10.0 Å². The fourth-order valence-corrected chi connectivity index (χ4v) is 2.16. The SMILES string of the molecule is CN(C(=O)Cn1cccn1)c1ccc(S(N)(=O)=O)cc1. The number of hydrogen-bond acceptors (Lipinski definition) is 4. The molecule has 2 rings (SSSR count). The molecule has 0 unspecified atom stereocenters. The number of likely N-dealkylation sites (N-methyl/N-ethyl adjacent to an activating group) is 1. The predicted molar refractivity (Wildman–Crippen MR) is 73.5 cm³/mol. The van der Waals surface area contributed by atoms with Gasteiger partial charge in [-0.15, -0.1) is 0 Å². The van der Waals surface area contributed by atoms with Gasteiger partial charge in [0.25, 0.3) is 0 Å². The molecule has 1 heterocycles. The topological polar surface area (TPSA) is 98.3 Å². The number of nitrogens with zero attached hydrogens (tertiary/aromatic N) is 3. The second-order valence-electron chi connectivity index (χ2n) is 4.20. The number of aromatic nitrogens is 2. The van der Waals surface area contributed by atoms with Gasteiger partial charge in [0.05, 0.1) is 4.90 Å². The second kappa shape index (κ2) is 5.43. The van der Waals surface area contributed by atoms with Gasteiger partial charge in [-0.05, 0) is 30.3 Å². The smallest absolute Gasteiger partial charge is 0.248 e. The van der Waals surface area contributed by atoms with E-state index in [-0.39, 0.29) is 17.3 Å². The van der Waals surface area contributed by atoms with E-state index in [1.54, 1.807) is 25.5 Å². The summed E-state index contributed by atoms with van der Waals surface area (Å²) < 4.78 is 23.8. The van der Waals surface area contributed by atoms with Gasteiger partial charge >= 0.3 is 0 Å². The summed E-state index contributed by atoms with van der Waals surface area (Å²) >= 11 is 0. The van der Waals surface area contributed by atoms with Gasteiger partial charge in [0.2, 0.25) is 15.9 Å². The van der Waals surface area contributed by atoms with Crippen molar-refractivity contribution >= 4 is 21.6 Å². The molecule has 0 aliphatic rings. The minimum atomic E-state index is -3.72. The van der Waals surface area contributed by atoms with Crippen molar-refractivity contribution in [1.82, 2.24) is 9.78 Å². The van der Waals surface area contributed by atoms with Gasteiger partial charge in [-0.2, -0.15) is 5.10 Å². The number of sulfonamides is 1. The molecule has 0 atom stereocenters. The van der Waals surface area contributed by atoms with Crippen LogP contribution in [-0.2, 0) is 21.4 Å². The zero-order valence-electron chi connectivity index (χ0n) is 10.8. The average molecular weight is 294 g/mol. The number of rotatable bonds is 4. The first kappa shape index (κ1) is 14.2. The van der Waals surface area contributed by atoms with Crippen LogP contribution in [0.3, 0.4) is 0 Å². The Kier molecular flexibility index (Phi) is 3.86. The number of carbonyl (C=O) groups excluding carboxylic acids is 1. The van der Waals surface area contributed by atoms with Crippen molar-refractivity contribution in [2.75, 3.05) is 11.9 Å². The average Bonchev–Trinajstić information content (AvgIpc) is 2.90. The van der Waals surface area contributed by atoms with E-state index in [2.05, 4.69) is 5.10 Å². The largest absolute Gasteiger partial charge is 0.314 e. The van der Waals surface area contributed by atoms with Crippen molar-refractivity contribution in [1.29, 1.82) is 0 Å². The molecule has 0 aliphatic heterocycles. The maximum absolute atomic E-state index is 12.0. The molecule has 0 radical (unpaired) electrons. The summed E-state index contributed by atoms with van der Waals surface area (Å²) in [5.41, 5.74) is 0.578. The predicted octanol–water partition coefficient (Wildman–Crippen LogP) is 0.193. The van der Waals surface area contributed by atoms with E-state index in [0.717, 1.165) is 0 Å². The molecule has 20 heavy (non-hydrogen) atoms. The molecular weight excluding hydrogens is 280 g/mol. The number of carbonyl (C=O) groups is 1. The molecule has 1 aromatic heterocycles. The Morgan fingerprint density at radius 1 is 1.35 bits per heavy atom. The highest BCUT2D eigenvalue weighted by molar-refractivity contribution is 7.89. The van der Waals surface area contributed by atoms with Crippen LogP contribution in [0.5, 0.6) is 0 Å². The molecule has 0 aliphatic carbocycles. The lowest BCUT2D eigenvalue weighted by Gasteiger charge is -2.17. The van der Waals surface area contributed by atoms with Crippen LogP contribution < -0.4 is 10.0 Å². The molecule has 0 spiro atoms. The Labute approximate surface area is 116 Å². The highest BCUT2D eigenvalue weighted by Gasteiger charge is 2.13. The number of benzene rings is 1. The van der Waals surface area contributed by atoms with E-state index in [1.807, 2.05) is 0 Å². The van der Waals surface area contributed by atoms with Gasteiger partial charge in [0.1, 0.15) is 6.54 Å². The van der Waals surface area contributed by atoms with Crippen molar-refractivity contribution in [3.05, 3.63) is 42.7 Å². The zero-order chi connectivity index (χ0) is 14.8. The van der Waals surface area contributed by atoms with Crippen LogP contribution in [0.2, 0.25) is 0 Å². The lowest BCUT2D eigenvalue weighted by molar-refractivity contribution is -0.119. The summed E-state index contributed by atoms with van der Waals surface area (Å²) in [6, 6.07) is 7.51. The van der Waals surface area contributed by atoms with Crippen LogP contribution in [0.4, 0.5) is 5.69 Å². The molecule has 1 aromatic carbocycles. The highest BCUT2D eigenvalue weighted by atomic mass is 32.2. The molecule has 106 valence electrons. The second-order valence-corrected chi connectivity index (χ2v) is 5.76. The number of anilines is 1. The quantitative estimate of drug-likeness (QED) is 0.870. The summed E-state index contributed by atoms with van der Waals surface area (Å²) in [4.78, 5) is 13.4. The Bertz CT molecular complexity index is 693. The van der Waals surface area contributed by atoms with E-state index in [4.69, 9.17) is 5.14 Å². The third kappa shape index (κ3) is 3.22. The normalized spacial score (nSPS) is 11.3. The minimum absolute atomic E-state index is 0.00850. The van der Waals surface area contributed by atoms with Crippen LogP contribution >= 0.6 is 0 Å². The summed E-state index contributed by atoms with van der Waals surface area (Å²) in [5, 5.41) is 8.97. The Balaban J connectivity index is 2.13. The van der Waals surface area contributed by atoms with Crippen LogP contribution in [0.25, 0.3) is 0 Å². The van der Waals surface area contributed by atoms with Crippen molar-refractivity contribution in [3.63, 3.8) is 0 Å².